The number of rotatable bonds is 2. The van der Waals surface area contributed by atoms with Gasteiger partial charge in [0.05, 0.1) is 16.6 Å². The number of benzene rings is 1. The Hall–Kier alpha value is -1.33. The lowest BCUT2D eigenvalue weighted by atomic mass is 9.79. The summed E-state index contributed by atoms with van der Waals surface area (Å²) >= 11 is 0. The maximum atomic E-state index is 12.0. The summed E-state index contributed by atoms with van der Waals surface area (Å²) in [5.74, 6) is 0.241. The molecule has 1 aliphatic heterocycles. The fraction of sp³-hybridized carbons (Fsp3) is 0.588. The van der Waals surface area contributed by atoms with E-state index in [0.29, 0.717) is 5.75 Å². The van der Waals surface area contributed by atoms with E-state index < -0.39 is 23.7 Å². The van der Waals surface area contributed by atoms with E-state index in [0.717, 1.165) is 5.46 Å². The van der Waals surface area contributed by atoms with Crippen molar-refractivity contribution in [2.45, 2.75) is 59.7 Å². The summed E-state index contributed by atoms with van der Waals surface area (Å²) in [6, 6.07) is 7.31. The molecule has 4 nitrogen and oxygen atoms in total. The van der Waals surface area contributed by atoms with Crippen molar-refractivity contribution >= 4 is 18.6 Å². The summed E-state index contributed by atoms with van der Waals surface area (Å²) in [7, 11) is -0.460. The zero-order valence-electron chi connectivity index (χ0n) is 14.5. The van der Waals surface area contributed by atoms with Crippen molar-refractivity contribution in [1.29, 1.82) is 0 Å². The Bertz CT molecular complexity index is 556. The molecule has 0 aliphatic carbocycles. The summed E-state index contributed by atoms with van der Waals surface area (Å²) in [5, 5.41) is 0. The Balaban J connectivity index is 2.18. The SMILES string of the molecule is CC(C)(C)C(=O)Oc1cccc(B2OC(C)(C)C(C)(C)O2)c1. The third-order valence-corrected chi connectivity index (χ3v) is 4.21. The van der Waals surface area contributed by atoms with Crippen molar-refractivity contribution in [2.75, 3.05) is 0 Å². The van der Waals surface area contributed by atoms with Crippen LogP contribution in [0.3, 0.4) is 0 Å². The largest absolute Gasteiger partial charge is 0.494 e. The Labute approximate surface area is 133 Å². The molecule has 1 fully saturated rings. The van der Waals surface area contributed by atoms with Crippen LogP contribution in [0, 0.1) is 5.41 Å². The highest BCUT2D eigenvalue weighted by Crippen LogP contribution is 2.36. The Morgan fingerprint density at radius 1 is 1.09 bits per heavy atom. The smallest absolute Gasteiger partial charge is 0.426 e. The molecule has 1 aromatic rings. The third kappa shape index (κ3) is 3.36. The van der Waals surface area contributed by atoms with E-state index >= 15 is 0 Å². The van der Waals surface area contributed by atoms with Crippen molar-refractivity contribution in [2.24, 2.45) is 5.41 Å². The zero-order valence-corrected chi connectivity index (χ0v) is 14.5. The normalized spacial score (nSPS) is 20.0. The average Bonchev–Trinajstić information content (AvgIpc) is 2.57. The second-order valence-electron chi connectivity index (χ2n) is 7.80. The second kappa shape index (κ2) is 5.39. The molecular formula is C17H25BO4. The number of hydrogen-bond acceptors (Lipinski definition) is 4. The van der Waals surface area contributed by atoms with E-state index in [2.05, 4.69) is 0 Å². The van der Waals surface area contributed by atoms with Crippen LogP contribution in [-0.2, 0) is 14.1 Å². The Kier molecular flexibility index (Phi) is 4.17. The monoisotopic (exact) mass is 304 g/mol. The molecule has 120 valence electrons. The summed E-state index contributed by atoms with van der Waals surface area (Å²) in [4.78, 5) is 12.0. The van der Waals surface area contributed by atoms with Crippen molar-refractivity contribution < 1.29 is 18.8 Å². The summed E-state index contributed by atoms with van der Waals surface area (Å²) < 4.78 is 17.5. The molecule has 5 heteroatoms. The molecule has 0 aromatic heterocycles. The second-order valence-corrected chi connectivity index (χ2v) is 7.80. The fourth-order valence-electron chi connectivity index (χ4n) is 1.96. The molecule has 0 spiro atoms. The van der Waals surface area contributed by atoms with Gasteiger partial charge in [-0.15, -0.1) is 0 Å². The Morgan fingerprint density at radius 3 is 2.14 bits per heavy atom. The first kappa shape index (κ1) is 17.0. The molecule has 1 aromatic carbocycles. The van der Waals surface area contributed by atoms with Gasteiger partial charge in [0, 0.05) is 0 Å². The molecular weight excluding hydrogens is 279 g/mol. The highest BCUT2D eigenvalue weighted by molar-refractivity contribution is 6.62. The van der Waals surface area contributed by atoms with Gasteiger partial charge < -0.3 is 14.0 Å². The molecule has 0 N–H and O–H groups in total. The number of hydrogen-bond donors (Lipinski definition) is 0. The number of ether oxygens (including phenoxy) is 1. The molecule has 2 rings (SSSR count). The summed E-state index contributed by atoms with van der Waals surface area (Å²) in [6.45, 7) is 13.5. The zero-order chi connectivity index (χ0) is 16.8. The first-order chi connectivity index (χ1) is 9.92. The van der Waals surface area contributed by atoms with Gasteiger partial charge in [0.2, 0.25) is 0 Å². The fourth-order valence-corrected chi connectivity index (χ4v) is 1.96. The Morgan fingerprint density at radius 2 is 1.64 bits per heavy atom. The highest BCUT2D eigenvalue weighted by Gasteiger charge is 2.51. The van der Waals surface area contributed by atoms with Crippen molar-refractivity contribution in [3.8, 4) is 5.75 Å². The van der Waals surface area contributed by atoms with Crippen LogP contribution >= 0.6 is 0 Å². The minimum absolute atomic E-state index is 0.265. The first-order valence-corrected chi connectivity index (χ1v) is 7.60. The van der Waals surface area contributed by atoms with Gasteiger partial charge in [-0.1, -0.05) is 12.1 Å². The predicted octanol–water partition coefficient (Wildman–Crippen LogP) is 2.94. The van der Waals surface area contributed by atoms with Crippen molar-refractivity contribution in [3.05, 3.63) is 24.3 Å². The molecule has 0 unspecified atom stereocenters. The molecule has 1 heterocycles. The van der Waals surface area contributed by atoms with Crippen LogP contribution in [-0.4, -0.2) is 24.3 Å². The lowest BCUT2D eigenvalue weighted by Crippen LogP contribution is -2.41. The maximum Gasteiger partial charge on any atom is 0.494 e. The minimum atomic E-state index is -0.541. The summed E-state index contributed by atoms with van der Waals surface area (Å²) in [5.41, 5.74) is -0.482. The molecule has 1 aliphatic rings. The third-order valence-electron chi connectivity index (χ3n) is 4.21. The van der Waals surface area contributed by atoms with Gasteiger partial charge in [-0.2, -0.15) is 0 Å². The van der Waals surface area contributed by atoms with E-state index in [1.54, 1.807) is 12.1 Å². The maximum absolute atomic E-state index is 12.0. The molecule has 0 bridgehead atoms. The molecule has 0 saturated carbocycles. The van der Waals surface area contributed by atoms with E-state index in [9.17, 15) is 4.79 Å². The van der Waals surface area contributed by atoms with E-state index in [1.165, 1.54) is 0 Å². The van der Waals surface area contributed by atoms with Crippen LogP contribution < -0.4 is 10.2 Å². The quantitative estimate of drug-likeness (QED) is 0.479. The van der Waals surface area contributed by atoms with Gasteiger partial charge in [0.1, 0.15) is 5.75 Å². The lowest BCUT2D eigenvalue weighted by molar-refractivity contribution is -0.142. The van der Waals surface area contributed by atoms with Crippen LogP contribution in [0.5, 0.6) is 5.75 Å². The molecule has 0 amide bonds. The van der Waals surface area contributed by atoms with Crippen LogP contribution in [0.25, 0.3) is 0 Å². The van der Waals surface area contributed by atoms with Gasteiger partial charge in [0.25, 0.3) is 0 Å². The predicted molar refractivity (Wildman–Crippen MR) is 87.2 cm³/mol. The topological polar surface area (TPSA) is 44.8 Å². The molecule has 0 atom stereocenters. The first-order valence-electron chi connectivity index (χ1n) is 7.60. The van der Waals surface area contributed by atoms with Gasteiger partial charge >= 0.3 is 13.1 Å². The van der Waals surface area contributed by atoms with Crippen LogP contribution in [0.2, 0.25) is 0 Å². The number of carbonyl (C=O) groups is 1. The summed E-state index contributed by atoms with van der Waals surface area (Å²) in [6.07, 6.45) is 0. The van der Waals surface area contributed by atoms with Crippen LogP contribution in [0.1, 0.15) is 48.5 Å². The average molecular weight is 304 g/mol. The van der Waals surface area contributed by atoms with E-state index in [-0.39, 0.29) is 5.97 Å². The highest BCUT2D eigenvalue weighted by atomic mass is 16.7. The van der Waals surface area contributed by atoms with Crippen LogP contribution in [0.15, 0.2) is 24.3 Å². The van der Waals surface area contributed by atoms with Gasteiger partial charge in [-0.3, -0.25) is 4.79 Å². The molecule has 0 radical (unpaired) electrons. The van der Waals surface area contributed by atoms with Crippen LogP contribution in [0.4, 0.5) is 0 Å². The van der Waals surface area contributed by atoms with Gasteiger partial charge in [-0.05, 0) is 66.1 Å². The minimum Gasteiger partial charge on any atom is -0.426 e. The van der Waals surface area contributed by atoms with E-state index in [4.69, 9.17) is 14.0 Å². The molecule has 1 saturated heterocycles. The molecule has 22 heavy (non-hydrogen) atoms. The lowest BCUT2D eigenvalue weighted by Gasteiger charge is -2.32. The van der Waals surface area contributed by atoms with Gasteiger partial charge in [-0.25, -0.2) is 0 Å². The van der Waals surface area contributed by atoms with Crippen molar-refractivity contribution in [1.82, 2.24) is 0 Å². The van der Waals surface area contributed by atoms with Crippen molar-refractivity contribution in [3.63, 3.8) is 0 Å². The number of esters is 1. The van der Waals surface area contributed by atoms with E-state index in [1.807, 2.05) is 60.6 Å². The number of carbonyl (C=O) groups excluding carboxylic acids is 1. The van der Waals surface area contributed by atoms with Gasteiger partial charge in [0.15, 0.2) is 0 Å². The standard InChI is InChI=1S/C17H25BO4/c1-15(2,3)14(19)20-13-10-8-9-12(11-13)18-21-16(4,5)17(6,7)22-18/h8-11H,1-7H3.